The lowest BCUT2D eigenvalue weighted by atomic mass is 9.76. The minimum atomic E-state index is -0.850. The summed E-state index contributed by atoms with van der Waals surface area (Å²) in [7, 11) is 1.37. The molecule has 0 radical (unpaired) electrons. The van der Waals surface area contributed by atoms with Crippen molar-refractivity contribution in [3.63, 3.8) is 0 Å². The molecule has 240 valence electrons. The number of nitrogens with one attached hydrogen (secondary N) is 2. The monoisotopic (exact) mass is 628 g/mol. The molecule has 5 aromatic rings. The summed E-state index contributed by atoms with van der Waals surface area (Å²) in [5, 5.41) is 13.6. The second-order valence-corrected chi connectivity index (χ2v) is 11.9. The summed E-state index contributed by atoms with van der Waals surface area (Å²) >= 11 is 0. The van der Waals surface area contributed by atoms with E-state index in [1.807, 2.05) is 85.3 Å². The number of esters is 1. The van der Waals surface area contributed by atoms with Gasteiger partial charge >= 0.3 is 5.97 Å². The minimum Gasteiger partial charge on any atom is -0.474 e. The van der Waals surface area contributed by atoms with Crippen LogP contribution in [0.5, 0.6) is 5.88 Å². The van der Waals surface area contributed by atoms with Crippen LogP contribution in [-0.4, -0.2) is 47.7 Å². The van der Waals surface area contributed by atoms with Gasteiger partial charge in [0.2, 0.25) is 5.88 Å². The highest BCUT2D eigenvalue weighted by atomic mass is 16.5. The third-order valence-electron chi connectivity index (χ3n) is 8.64. The molecule has 0 amide bonds. The lowest BCUT2D eigenvalue weighted by molar-refractivity contribution is 0.0237. The summed E-state index contributed by atoms with van der Waals surface area (Å²) in [6.07, 6.45) is 4.89. The van der Waals surface area contributed by atoms with Crippen LogP contribution in [0.4, 0.5) is 5.69 Å². The Labute approximate surface area is 275 Å². The highest BCUT2D eigenvalue weighted by Gasteiger charge is 2.38. The number of carbonyl (C=O) groups is 1. The van der Waals surface area contributed by atoms with Crippen LogP contribution in [0.3, 0.4) is 0 Å². The first-order valence-electron chi connectivity index (χ1n) is 16.0. The first-order chi connectivity index (χ1) is 22.9. The number of rotatable bonds is 11. The van der Waals surface area contributed by atoms with Crippen molar-refractivity contribution in [3.8, 4) is 5.88 Å². The Kier molecular flexibility index (Phi) is 9.50. The molecule has 3 aromatic carbocycles. The second-order valence-electron chi connectivity index (χ2n) is 11.9. The van der Waals surface area contributed by atoms with Crippen molar-refractivity contribution in [2.75, 3.05) is 25.6 Å². The quantitative estimate of drug-likeness (QED) is 0.0887. The zero-order valence-electron chi connectivity index (χ0n) is 27.0. The van der Waals surface area contributed by atoms with E-state index in [1.54, 1.807) is 12.3 Å². The molecule has 8 heteroatoms. The lowest BCUT2D eigenvalue weighted by Gasteiger charge is -2.38. The van der Waals surface area contributed by atoms with E-state index in [1.165, 1.54) is 7.11 Å². The van der Waals surface area contributed by atoms with E-state index in [9.17, 15) is 10.2 Å². The van der Waals surface area contributed by atoms with Gasteiger partial charge in [-0.25, -0.2) is 9.78 Å². The summed E-state index contributed by atoms with van der Waals surface area (Å²) in [6, 6.07) is 34.5. The molecule has 0 spiro atoms. The largest absolute Gasteiger partial charge is 0.474 e. The van der Waals surface area contributed by atoms with Crippen molar-refractivity contribution in [1.29, 1.82) is 5.41 Å². The van der Waals surface area contributed by atoms with Crippen molar-refractivity contribution in [2.45, 2.75) is 44.4 Å². The van der Waals surface area contributed by atoms with E-state index in [-0.39, 0.29) is 17.9 Å². The molecular formula is C39H40N4O4. The number of methoxy groups -OCH3 is 1. The van der Waals surface area contributed by atoms with Gasteiger partial charge in [0.15, 0.2) is 0 Å². The van der Waals surface area contributed by atoms with Crippen LogP contribution in [0.2, 0.25) is 0 Å². The summed E-state index contributed by atoms with van der Waals surface area (Å²) < 4.78 is 19.1. The van der Waals surface area contributed by atoms with E-state index in [4.69, 9.17) is 19.2 Å². The molecule has 0 aliphatic carbocycles. The molecule has 1 fully saturated rings. The fourth-order valence-electron chi connectivity index (χ4n) is 6.27. The number of anilines is 1. The minimum absolute atomic E-state index is 0.0306. The van der Waals surface area contributed by atoms with Crippen molar-refractivity contribution < 1.29 is 19.0 Å². The SMILES string of the molecule is COC(=O)c1cc(C(=N)c2c(NC(c3ccccc3)(c3ccccc3)c3ccccc3)ccnc2OC2CCOCC2)cn1C(C)C. The van der Waals surface area contributed by atoms with Gasteiger partial charge in [0.25, 0.3) is 0 Å². The summed E-state index contributed by atoms with van der Waals surface area (Å²) in [6.45, 7) is 5.19. The molecule has 1 aliphatic heterocycles. The average Bonchev–Trinajstić information content (AvgIpc) is 3.58. The van der Waals surface area contributed by atoms with Crippen LogP contribution in [0.15, 0.2) is 116 Å². The standard InChI is InChI=1S/C39H40N4O4/c1-27(2)43-26-28(25-34(43)38(44)45-3)36(40)35-33(19-22-41-37(35)47-32-20-23-46-24-21-32)42-39(29-13-7-4-8-14-29,30-15-9-5-10-16-30)31-17-11-6-12-18-31/h4-19,22,25-27,32,40H,20-21,23-24H2,1-3H3,(H,41,42). The molecule has 1 aliphatic rings. The van der Waals surface area contributed by atoms with Gasteiger partial charge in [-0.05, 0) is 42.7 Å². The van der Waals surface area contributed by atoms with Crippen LogP contribution in [0, 0.1) is 5.41 Å². The first-order valence-corrected chi connectivity index (χ1v) is 16.0. The average molecular weight is 629 g/mol. The Hall–Kier alpha value is -5.21. The van der Waals surface area contributed by atoms with Gasteiger partial charge in [0, 0.05) is 36.8 Å². The topological polar surface area (TPSA) is 98.5 Å². The van der Waals surface area contributed by atoms with E-state index < -0.39 is 11.5 Å². The Morgan fingerprint density at radius 2 is 1.47 bits per heavy atom. The molecule has 47 heavy (non-hydrogen) atoms. The maximum absolute atomic E-state index is 12.8. The van der Waals surface area contributed by atoms with Gasteiger partial charge in [-0.2, -0.15) is 0 Å². The number of ether oxygens (including phenoxy) is 3. The Morgan fingerprint density at radius 3 is 1.98 bits per heavy atom. The smallest absolute Gasteiger partial charge is 0.354 e. The number of benzene rings is 3. The van der Waals surface area contributed by atoms with Crippen LogP contribution in [-0.2, 0) is 15.0 Å². The van der Waals surface area contributed by atoms with Crippen LogP contribution in [0.25, 0.3) is 0 Å². The molecule has 0 unspecified atom stereocenters. The van der Waals surface area contributed by atoms with Crippen molar-refractivity contribution in [3.05, 3.63) is 149 Å². The van der Waals surface area contributed by atoms with Gasteiger partial charge in [0.1, 0.15) is 17.3 Å². The van der Waals surface area contributed by atoms with E-state index in [0.717, 1.165) is 29.5 Å². The van der Waals surface area contributed by atoms with Gasteiger partial charge in [-0.15, -0.1) is 0 Å². The third-order valence-corrected chi connectivity index (χ3v) is 8.64. The van der Waals surface area contributed by atoms with Gasteiger partial charge in [0.05, 0.1) is 37.3 Å². The highest BCUT2D eigenvalue weighted by molar-refractivity contribution is 6.16. The van der Waals surface area contributed by atoms with E-state index in [0.29, 0.717) is 41.6 Å². The molecule has 0 saturated carbocycles. The predicted octanol–water partition coefficient (Wildman–Crippen LogP) is 7.63. The van der Waals surface area contributed by atoms with Crippen molar-refractivity contribution in [1.82, 2.24) is 9.55 Å². The van der Waals surface area contributed by atoms with Crippen LogP contribution in [0.1, 0.15) is 71.0 Å². The number of hydrogen-bond donors (Lipinski definition) is 2. The number of aromatic nitrogens is 2. The third kappa shape index (κ3) is 6.42. The summed E-state index contributed by atoms with van der Waals surface area (Å²) in [5.74, 6) is -0.107. The molecule has 0 atom stereocenters. The van der Waals surface area contributed by atoms with E-state index >= 15 is 0 Å². The van der Waals surface area contributed by atoms with Crippen LogP contribution >= 0.6 is 0 Å². The van der Waals surface area contributed by atoms with E-state index in [2.05, 4.69) is 41.7 Å². The summed E-state index contributed by atoms with van der Waals surface area (Å²) in [4.78, 5) is 17.5. The van der Waals surface area contributed by atoms with Gasteiger partial charge in [-0.1, -0.05) is 91.0 Å². The lowest BCUT2D eigenvalue weighted by Crippen LogP contribution is -2.38. The molecule has 2 aromatic heterocycles. The van der Waals surface area contributed by atoms with Crippen LogP contribution < -0.4 is 10.1 Å². The normalized spacial score (nSPS) is 13.7. The zero-order chi connectivity index (χ0) is 32.8. The molecule has 1 saturated heterocycles. The first kappa shape index (κ1) is 31.8. The second kappa shape index (κ2) is 14.1. The number of carbonyl (C=O) groups excluding carboxylic acids is 1. The fourth-order valence-corrected chi connectivity index (χ4v) is 6.27. The Morgan fingerprint density at radius 1 is 0.915 bits per heavy atom. The molecular weight excluding hydrogens is 588 g/mol. The number of pyridine rings is 1. The van der Waals surface area contributed by atoms with Gasteiger partial charge in [-0.3, -0.25) is 5.41 Å². The predicted molar refractivity (Wildman–Crippen MR) is 184 cm³/mol. The molecule has 2 N–H and O–H groups in total. The Bertz CT molecular complexity index is 1720. The van der Waals surface area contributed by atoms with Gasteiger partial charge < -0.3 is 24.1 Å². The molecule has 8 nitrogen and oxygen atoms in total. The van der Waals surface area contributed by atoms with Crippen molar-refractivity contribution >= 4 is 17.4 Å². The number of hydrogen-bond acceptors (Lipinski definition) is 7. The molecule has 3 heterocycles. The number of nitrogens with zero attached hydrogens (tertiary/aromatic N) is 2. The molecule has 0 bridgehead atoms. The van der Waals surface area contributed by atoms with Crippen molar-refractivity contribution in [2.24, 2.45) is 0 Å². The summed E-state index contributed by atoms with van der Waals surface area (Å²) in [5.41, 5.74) is 4.50. The maximum atomic E-state index is 12.8. The molecule has 6 rings (SSSR count). The fraction of sp³-hybridized carbons (Fsp3) is 0.256. The Balaban J connectivity index is 1.57. The maximum Gasteiger partial charge on any atom is 0.354 e. The zero-order valence-corrected chi connectivity index (χ0v) is 27.0. The highest BCUT2D eigenvalue weighted by Crippen LogP contribution is 2.42.